The van der Waals surface area contributed by atoms with Gasteiger partial charge in [0.05, 0.1) is 22.0 Å². The first-order valence-corrected chi connectivity index (χ1v) is 12.9. The molecular weight excluding hydrogens is 454 g/mol. The number of amides is 1. The van der Waals surface area contributed by atoms with Gasteiger partial charge in [0.1, 0.15) is 17.3 Å². The molecule has 0 unspecified atom stereocenters. The summed E-state index contributed by atoms with van der Waals surface area (Å²) in [6.45, 7) is 5.16. The number of hydrogen-bond donors (Lipinski definition) is 2. The highest BCUT2D eigenvalue weighted by Gasteiger charge is 2.31. The SMILES string of the molecule is CC(C)(COC(N)=O)Nc1nc(N2CC=C(c3ncc(C4CC4)cn3)CC2)nc2c1[S@](=O)CC2. The highest BCUT2D eigenvalue weighted by Crippen LogP contribution is 2.39. The van der Waals surface area contributed by atoms with Gasteiger partial charge in [-0.3, -0.25) is 4.21 Å². The number of carbonyl (C=O) groups is 1. The number of aryl methyl sites for hydroxylation is 1. The minimum atomic E-state index is -1.17. The Hall–Kier alpha value is -3.08. The van der Waals surface area contributed by atoms with Crippen LogP contribution in [0.4, 0.5) is 16.6 Å². The molecule has 180 valence electrons. The quantitative estimate of drug-likeness (QED) is 0.608. The van der Waals surface area contributed by atoms with Crippen molar-refractivity contribution in [3.63, 3.8) is 0 Å². The van der Waals surface area contributed by atoms with Crippen molar-refractivity contribution in [3.8, 4) is 0 Å². The number of nitrogens with two attached hydrogens (primary N) is 1. The van der Waals surface area contributed by atoms with Gasteiger partial charge < -0.3 is 20.7 Å². The van der Waals surface area contributed by atoms with E-state index in [0.29, 0.717) is 41.3 Å². The number of aromatic nitrogens is 4. The van der Waals surface area contributed by atoms with Crippen LogP contribution in [-0.4, -0.2) is 61.2 Å². The van der Waals surface area contributed by atoms with E-state index >= 15 is 0 Å². The molecule has 1 aliphatic carbocycles. The smallest absolute Gasteiger partial charge is 0.404 e. The predicted molar refractivity (Wildman–Crippen MR) is 129 cm³/mol. The summed E-state index contributed by atoms with van der Waals surface area (Å²) in [5.41, 5.74) is 7.62. The summed E-state index contributed by atoms with van der Waals surface area (Å²) in [6.07, 6.45) is 9.10. The van der Waals surface area contributed by atoms with Crippen molar-refractivity contribution in [2.75, 3.05) is 35.7 Å². The number of nitrogens with zero attached hydrogens (tertiary/aromatic N) is 5. The largest absolute Gasteiger partial charge is 0.447 e. The zero-order valence-corrected chi connectivity index (χ0v) is 20.2. The molecule has 5 rings (SSSR count). The number of ether oxygens (including phenoxy) is 1. The van der Waals surface area contributed by atoms with Crippen LogP contribution >= 0.6 is 0 Å². The van der Waals surface area contributed by atoms with E-state index in [1.54, 1.807) is 0 Å². The first-order valence-electron chi connectivity index (χ1n) is 11.5. The number of carbonyl (C=O) groups excluding carboxylic acids is 1. The lowest BCUT2D eigenvalue weighted by molar-refractivity contribution is 0.138. The maximum absolute atomic E-state index is 12.6. The molecule has 3 N–H and O–H groups in total. The van der Waals surface area contributed by atoms with Crippen molar-refractivity contribution in [1.82, 2.24) is 19.9 Å². The molecule has 0 saturated heterocycles. The van der Waals surface area contributed by atoms with Crippen molar-refractivity contribution in [1.29, 1.82) is 0 Å². The molecule has 34 heavy (non-hydrogen) atoms. The van der Waals surface area contributed by atoms with Crippen LogP contribution in [0, 0.1) is 0 Å². The Morgan fingerprint density at radius 2 is 2.03 bits per heavy atom. The zero-order valence-electron chi connectivity index (χ0n) is 19.4. The van der Waals surface area contributed by atoms with Crippen molar-refractivity contribution in [3.05, 3.63) is 35.6 Å². The van der Waals surface area contributed by atoms with Crippen molar-refractivity contribution in [2.24, 2.45) is 5.73 Å². The molecule has 1 fully saturated rings. The van der Waals surface area contributed by atoms with Gasteiger partial charge in [0.25, 0.3) is 0 Å². The molecule has 10 nitrogen and oxygen atoms in total. The lowest BCUT2D eigenvalue weighted by Gasteiger charge is -2.29. The molecule has 11 heteroatoms. The Labute approximate surface area is 200 Å². The molecule has 0 radical (unpaired) electrons. The molecule has 2 aliphatic heterocycles. The second-order valence-electron chi connectivity index (χ2n) is 9.60. The summed E-state index contributed by atoms with van der Waals surface area (Å²) >= 11 is 0. The van der Waals surface area contributed by atoms with E-state index in [-0.39, 0.29) is 6.61 Å². The maximum Gasteiger partial charge on any atom is 0.404 e. The van der Waals surface area contributed by atoms with Gasteiger partial charge in [-0.2, -0.15) is 4.98 Å². The topological polar surface area (TPSA) is 136 Å². The third-order valence-corrected chi connectivity index (χ3v) is 7.67. The number of anilines is 2. The van der Waals surface area contributed by atoms with Crippen LogP contribution in [-0.2, 0) is 22.0 Å². The molecule has 0 aromatic carbocycles. The molecule has 0 spiro atoms. The van der Waals surface area contributed by atoms with E-state index in [0.717, 1.165) is 30.1 Å². The van der Waals surface area contributed by atoms with Crippen LogP contribution in [0.1, 0.15) is 56.1 Å². The van der Waals surface area contributed by atoms with E-state index in [1.165, 1.54) is 18.4 Å². The normalized spacial score (nSPS) is 20.0. The third kappa shape index (κ3) is 4.89. The number of primary amides is 1. The standard InChI is InChI=1S/C23H29N7O3S/c1-23(2,13-33-21(24)31)29-20-18-17(7-10-34(18)32)27-22(28-20)30-8-5-15(6-9-30)19-25-11-16(12-26-19)14-3-4-14/h5,11-12,14H,3-4,6-10,13H2,1-2H3,(H2,24,31)(H,27,28,29)/t34-/m1/s1. The van der Waals surface area contributed by atoms with Crippen LogP contribution < -0.4 is 16.0 Å². The predicted octanol–water partition coefficient (Wildman–Crippen LogP) is 2.39. The van der Waals surface area contributed by atoms with E-state index < -0.39 is 22.4 Å². The van der Waals surface area contributed by atoms with Gasteiger partial charge in [-0.1, -0.05) is 6.08 Å². The molecule has 2 aromatic rings. The van der Waals surface area contributed by atoms with Crippen LogP contribution in [0.25, 0.3) is 5.57 Å². The molecular formula is C23H29N7O3S. The van der Waals surface area contributed by atoms with Gasteiger partial charge >= 0.3 is 6.09 Å². The summed E-state index contributed by atoms with van der Waals surface area (Å²) < 4.78 is 17.6. The highest BCUT2D eigenvalue weighted by atomic mass is 32.2. The van der Waals surface area contributed by atoms with Crippen molar-refractivity contribution in [2.45, 2.75) is 55.9 Å². The van der Waals surface area contributed by atoms with Gasteiger partial charge in [0.15, 0.2) is 5.82 Å². The average Bonchev–Trinajstić information content (AvgIpc) is 3.60. The van der Waals surface area contributed by atoms with Gasteiger partial charge in [-0.15, -0.1) is 0 Å². The monoisotopic (exact) mass is 483 g/mol. The summed E-state index contributed by atoms with van der Waals surface area (Å²) in [5.74, 6) is 3.06. The summed E-state index contributed by atoms with van der Waals surface area (Å²) in [4.78, 5) is 32.4. The fourth-order valence-corrected chi connectivity index (χ4v) is 5.51. The van der Waals surface area contributed by atoms with E-state index in [4.69, 9.17) is 20.4 Å². The molecule has 2 aromatic heterocycles. The Bertz CT molecular complexity index is 1160. The van der Waals surface area contributed by atoms with Gasteiger partial charge in [-0.05, 0) is 50.2 Å². The van der Waals surface area contributed by atoms with E-state index in [9.17, 15) is 9.00 Å². The van der Waals surface area contributed by atoms with Gasteiger partial charge in [0, 0.05) is 37.7 Å². The van der Waals surface area contributed by atoms with Crippen LogP contribution in [0.5, 0.6) is 0 Å². The Morgan fingerprint density at radius 1 is 1.26 bits per heavy atom. The third-order valence-electron chi connectivity index (χ3n) is 6.21. The first kappa shape index (κ1) is 22.7. The second kappa shape index (κ2) is 8.94. The zero-order chi connectivity index (χ0) is 23.9. The van der Waals surface area contributed by atoms with E-state index in [1.807, 2.05) is 26.2 Å². The molecule has 1 atom stereocenters. The lowest BCUT2D eigenvalue weighted by Crippen LogP contribution is -2.39. The molecule has 1 amide bonds. The summed E-state index contributed by atoms with van der Waals surface area (Å²) in [7, 11) is -1.17. The fraction of sp³-hybridized carbons (Fsp3) is 0.522. The second-order valence-corrected chi connectivity index (χ2v) is 11.1. The van der Waals surface area contributed by atoms with Crippen molar-refractivity contribution < 1.29 is 13.7 Å². The number of hydrogen-bond acceptors (Lipinski definition) is 9. The van der Waals surface area contributed by atoms with Crippen LogP contribution in [0.15, 0.2) is 23.4 Å². The molecule has 1 saturated carbocycles. The molecule has 4 heterocycles. The number of fused-ring (bicyclic) bond motifs is 1. The lowest BCUT2D eigenvalue weighted by atomic mass is 10.1. The van der Waals surface area contributed by atoms with Crippen LogP contribution in [0.2, 0.25) is 0 Å². The Kier molecular flexibility index (Phi) is 5.97. The number of rotatable bonds is 7. The minimum Gasteiger partial charge on any atom is -0.447 e. The Morgan fingerprint density at radius 3 is 2.68 bits per heavy atom. The minimum absolute atomic E-state index is 0.0540. The van der Waals surface area contributed by atoms with Crippen molar-refractivity contribution >= 4 is 34.2 Å². The first-order chi connectivity index (χ1) is 16.3. The molecule has 3 aliphatic rings. The Balaban J connectivity index is 1.35. The summed E-state index contributed by atoms with van der Waals surface area (Å²) in [5, 5.41) is 3.30. The van der Waals surface area contributed by atoms with Crippen LogP contribution in [0.3, 0.4) is 0 Å². The average molecular weight is 484 g/mol. The van der Waals surface area contributed by atoms with E-state index in [2.05, 4.69) is 26.3 Å². The molecule has 0 bridgehead atoms. The maximum atomic E-state index is 12.6. The fourth-order valence-electron chi connectivity index (χ4n) is 4.20. The number of nitrogens with one attached hydrogen (secondary N) is 1. The van der Waals surface area contributed by atoms with Gasteiger partial charge in [0.2, 0.25) is 5.95 Å². The van der Waals surface area contributed by atoms with Gasteiger partial charge in [-0.25, -0.2) is 19.7 Å². The summed E-state index contributed by atoms with van der Waals surface area (Å²) in [6, 6.07) is 0. The highest BCUT2D eigenvalue weighted by molar-refractivity contribution is 7.85.